The van der Waals surface area contributed by atoms with Gasteiger partial charge in [0.2, 0.25) is 11.8 Å². The number of nitrogens with zero attached hydrogens (tertiary/aromatic N) is 2. The van der Waals surface area contributed by atoms with Crippen LogP contribution < -0.4 is 0 Å². The summed E-state index contributed by atoms with van der Waals surface area (Å²) in [6.07, 6.45) is 2.53. The number of hydrogen-bond acceptors (Lipinski definition) is 3. The van der Waals surface area contributed by atoms with Crippen molar-refractivity contribution in [3.8, 4) is 0 Å². The molecule has 3 aromatic rings. The third kappa shape index (κ3) is 7.45. The minimum atomic E-state index is -0.334. The fraction of sp³-hybridized carbons (Fsp3) is 0.259. The predicted octanol–water partition coefficient (Wildman–Crippen LogP) is 4.90. The summed E-state index contributed by atoms with van der Waals surface area (Å²) in [4.78, 5) is 29.3. The Balaban J connectivity index is 1.70. The molecule has 0 radical (unpaired) electrons. The summed E-state index contributed by atoms with van der Waals surface area (Å²) in [5, 5.41) is 0. The van der Waals surface area contributed by atoms with E-state index in [1.165, 1.54) is 17.0 Å². The van der Waals surface area contributed by atoms with E-state index >= 15 is 0 Å². The molecule has 0 unspecified atom stereocenters. The number of carbonyl (C=O) groups is 2. The first-order valence-electron chi connectivity index (χ1n) is 10.9. The van der Waals surface area contributed by atoms with Crippen LogP contribution in [0.15, 0.2) is 83.8 Å². The molecule has 1 heterocycles. The van der Waals surface area contributed by atoms with Crippen molar-refractivity contribution in [2.75, 3.05) is 13.1 Å². The fourth-order valence-corrected chi connectivity index (χ4v) is 3.53. The van der Waals surface area contributed by atoms with Crippen LogP contribution in [-0.4, -0.2) is 34.7 Å². The molecule has 2 aromatic carbocycles. The Hall–Kier alpha value is -3.67. The van der Waals surface area contributed by atoms with Crippen LogP contribution in [0.25, 0.3) is 0 Å². The monoisotopic (exact) mass is 448 g/mol. The summed E-state index contributed by atoms with van der Waals surface area (Å²) >= 11 is 0. The second-order valence-electron chi connectivity index (χ2n) is 7.94. The molecule has 5 nitrogen and oxygen atoms in total. The van der Waals surface area contributed by atoms with Gasteiger partial charge in [0.15, 0.2) is 0 Å². The van der Waals surface area contributed by atoms with Gasteiger partial charge in [-0.15, -0.1) is 6.58 Å². The van der Waals surface area contributed by atoms with Crippen molar-refractivity contribution in [2.45, 2.75) is 32.9 Å². The largest absolute Gasteiger partial charge is 0.464 e. The van der Waals surface area contributed by atoms with Crippen LogP contribution in [0.4, 0.5) is 4.39 Å². The van der Waals surface area contributed by atoms with E-state index in [9.17, 15) is 14.0 Å². The summed E-state index contributed by atoms with van der Waals surface area (Å²) in [5.41, 5.74) is 1.86. The number of amides is 2. The van der Waals surface area contributed by atoms with Crippen LogP contribution in [0.1, 0.15) is 29.1 Å². The average molecular weight is 449 g/mol. The van der Waals surface area contributed by atoms with E-state index in [-0.39, 0.29) is 43.8 Å². The van der Waals surface area contributed by atoms with Crippen LogP contribution in [-0.2, 0) is 29.1 Å². The molecule has 0 fully saturated rings. The van der Waals surface area contributed by atoms with Gasteiger partial charge < -0.3 is 14.2 Å². The number of furan rings is 1. The van der Waals surface area contributed by atoms with Gasteiger partial charge in [-0.05, 0) is 48.7 Å². The molecule has 0 atom stereocenters. The van der Waals surface area contributed by atoms with Crippen LogP contribution in [0.3, 0.4) is 0 Å². The van der Waals surface area contributed by atoms with Crippen molar-refractivity contribution in [2.24, 2.45) is 0 Å². The molecule has 3 rings (SSSR count). The zero-order valence-electron chi connectivity index (χ0n) is 18.9. The highest BCUT2D eigenvalue weighted by atomic mass is 19.1. The Bertz CT molecular complexity index is 1060. The van der Waals surface area contributed by atoms with Gasteiger partial charge in [-0.3, -0.25) is 9.59 Å². The molecule has 0 spiro atoms. The van der Waals surface area contributed by atoms with E-state index in [4.69, 9.17) is 4.42 Å². The van der Waals surface area contributed by atoms with Crippen LogP contribution in [0, 0.1) is 12.7 Å². The molecule has 0 saturated heterocycles. The minimum Gasteiger partial charge on any atom is -0.464 e. The number of hydrogen-bond donors (Lipinski definition) is 0. The number of halogens is 1. The lowest BCUT2D eigenvalue weighted by atomic mass is 10.1. The topological polar surface area (TPSA) is 53.8 Å². The second kappa shape index (κ2) is 11.8. The average Bonchev–Trinajstić information content (AvgIpc) is 3.23. The van der Waals surface area contributed by atoms with Crippen LogP contribution in [0.2, 0.25) is 0 Å². The van der Waals surface area contributed by atoms with Crippen molar-refractivity contribution < 1.29 is 18.4 Å². The molecule has 6 heteroatoms. The maximum absolute atomic E-state index is 13.3. The summed E-state index contributed by atoms with van der Waals surface area (Å²) in [6, 6.07) is 19.5. The molecule has 0 aliphatic rings. The number of aryl methyl sites for hydroxylation is 2. The maximum atomic E-state index is 13.3. The number of benzene rings is 2. The van der Waals surface area contributed by atoms with E-state index in [0.717, 1.165) is 16.9 Å². The maximum Gasteiger partial charge on any atom is 0.242 e. The van der Waals surface area contributed by atoms with Gasteiger partial charge in [-0.2, -0.15) is 0 Å². The molecular weight excluding hydrogens is 419 g/mol. The highest BCUT2D eigenvalue weighted by Gasteiger charge is 2.22. The molecule has 2 amide bonds. The highest BCUT2D eigenvalue weighted by molar-refractivity contribution is 5.85. The first kappa shape index (κ1) is 24.0. The third-order valence-corrected chi connectivity index (χ3v) is 5.28. The van der Waals surface area contributed by atoms with Gasteiger partial charge in [0.05, 0.1) is 6.54 Å². The van der Waals surface area contributed by atoms with Crippen molar-refractivity contribution >= 4 is 11.8 Å². The molecule has 0 aliphatic heterocycles. The number of rotatable bonds is 11. The van der Waals surface area contributed by atoms with E-state index < -0.39 is 0 Å². The quantitative estimate of drug-likeness (QED) is 0.392. The summed E-state index contributed by atoms with van der Waals surface area (Å²) in [6.45, 7) is 6.31. The van der Waals surface area contributed by atoms with E-state index in [1.807, 2.05) is 49.4 Å². The minimum absolute atomic E-state index is 0.0689. The highest BCUT2D eigenvalue weighted by Crippen LogP contribution is 2.15. The zero-order valence-corrected chi connectivity index (χ0v) is 18.9. The Morgan fingerprint density at radius 1 is 0.909 bits per heavy atom. The lowest BCUT2D eigenvalue weighted by molar-refractivity contribution is -0.141. The van der Waals surface area contributed by atoms with Crippen LogP contribution >= 0.6 is 0 Å². The fourth-order valence-electron chi connectivity index (χ4n) is 3.53. The Kier molecular flexibility index (Phi) is 8.58. The predicted molar refractivity (Wildman–Crippen MR) is 126 cm³/mol. The van der Waals surface area contributed by atoms with Crippen LogP contribution in [0.5, 0.6) is 0 Å². The molecule has 172 valence electrons. The van der Waals surface area contributed by atoms with Crippen molar-refractivity contribution in [1.29, 1.82) is 0 Å². The summed E-state index contributed by atoms with van der Waals surface area (Å²) < 4.78 is 19.0. The van der Waals surface area contributed by atoms with Gasteiger partial charge in [0.1, 0.15) is 23.9 Å². The summed E-state index contributed by atoms with van der Waals surface area (Å²) in [5.74, 6) is 0.739. The molecular formula is C27H29FN2O3. The first-order chi connectivity index (χ1) is 15.9. The molecule has 0 bridgehead atoms. The van der Waals surface area contributed by atoms with Crippen molar-refractivity contribution in [3.63, 3.8) is 0 Å². The van der Waals surface area contributed by atoms with Gasteiger partial charge in [0.25, 0.3) is 0 Å². The first-order valence-corrected chi connectivity index (χ1v) is 10.9. The van der Waals surface area contributed by atoms with Gasteiger partial charge >= 0.3 is 0 Å². The Morgan fingerprint density at radius 3 is 2.27 bits per heavy atom. The van der Waals surface area contributed by atoms with Gasteiger partial charge in [0, 0.05) is 19.5 Å². The SMILES string of the molecule is C=CCN(CC(=O)N(Cc1ccc(F)cc1)Cc1ccc(C)o1)C(=O)CCc1ccccc1. The molecule has 1 aromatic heterocycles. The zero-order chi connectivity index (χ0) is 23.6. The van der Waals surface area contributed by atoms with Crippen molar-refractivity contribution in [1.82, 2.24) is 9.80 Å². The number of carbonyl (C=O) groups excluding carboxylic acids is 2. The van der Waals surface area contributed by atoms with E-state index in [2.05, 4.69) is 6.58 Å². The lowest BCUT2D eigenvalue weighted by Gasteiger charge is -2.27. The Labute approximate surface area is 194 Å². The summed E-state index contributed by atoms with van der Waals surface area (Å²) in [7, 11) is 0. The second-order valence-corrected chi connectivity index (χ2v) is 7.94. The third-order valence-electron chi connectivity index (χ3n) is 5.28. The lowest BCUT2D eigenvalue weighted by Crippen LogP contribution is -2.42. The molecule has 0 aliphatic carbocycles. The molecule has 0 N–H and O–H groups in total. The molecule has 33 heavy (non-hydrogen) atoms. The Morgan fingerprint density at radius 2 is 1.64 bits per heavy atom. The smallest absolute Gasteiger partial charge is 0.242 e. The standard InChI is InChI=1S/C27H29FN2O3/c1-3-17-29(26(31)16-12-22-7-5-4-6-8-22)20-27(32)30(19-25-15-9-21(2)33-25)18-23-10-13-24(28)14-11-23/h3-11,13-15H,1,12,16-20H2,2H3. The normalized spacial score (nSPS) is 10.6. The van der Waals surface area contributed by atoms with Gasteiger partial charge in [-0.1, -0.05) is 48.5 Å². The van der Waals surface area contributed by atoms with E-state index in [0.29, 0.717) is 18.6 Å². The molecule has 0 saturated carbocycles. The van der Waals surface area contributed by atoms with E-state index in [1.54, 1.807) is 23.1 Å². The van der Waals surface area contributed by atoms with Gasteiger partial charge in [-0.25, -0.2) is 4.39 Å². The van der Waals surface area contributed by atoms with Crippen molar-refractivity contribution in [3.05, 3.63) is 108 Å².